The highest BCUT2D eigenvalue weighted by Crippen LogP contribution is 2.51. The molecule has 2 heteroatoms. The van der Waals surface area contributed by atoms with Crippen LogP contribution in [0.2, 0.25) is 0 Å². The minimum Gasteiger partial charge on any atom is -0.271 e. The molecule has 1 aromatic rings. The van der Waals surface area contributed by atoms with Crippen molar-refractivity contribution < 1.29 is 0 Å². The number of benzene rings is 1. The fourth-order valence-electron chi connectivity index (χ4n) is 4.98. The highest BCUT2D eigenvalue weighted by Gasteiger charge is 2.40. The van der Waals surface area contributed by atoms with Crippen LogP contribution in [-0.4, -0.2) is 0 Å². The number of aryl methyl sites for hydroxylation is 3. The fourth-order valence-corrected chi connectivity index (χ4v) is 4.98. The van der Waals surface area contributed by atoms with Crippen LogP contribution in [0.25, 0.3) is 0 Å². The van der Waals surface area contributed by atoms with E-state index in [9.17, 15) is 0 Å². The first-order valence-electron chi connectivity index (χ1n) is 8.12. The van der Waals surface area contributed by atoms with E-state index in [1.165, 1.54) is 54.4 Å². The van der Waals surface area contributed by atoms with Gasteiger partial charge in [0.25, 0.3) is 0 Å². The van der Waals surface area contributed by atoms with E-state index in [4.69, 9.17) is 5.84 Å². The van der Waals surface area contributed by atoms with Crippen molar-refractivity contribution in [3.63, 3.8) is 0 Å². The predicted molar refractivity (Wildman–Crippen MR) is 84.3 cm³/mol. The molecule has 0 aliphatic heterocycles. The summed E-state index contributed by atoms with van der Waals surface area (Å²) in [7, 11) is 0. The zero-order chi connectivity index (χ0) is 14.3. The van der Waals surface area contributed by atoms with Crippen LogP contribution in [0, 0.1) is 38.5 Å². The third-order valence-electron chi connectivity index (χ3n) is 5.71. The molecule has 0 saturated heterocycles. The van der Waals surface area contributed by atoms with E-state index in [1.807, 2.05) is 0 Å². The Morgan fingerprint density at radius 1 is 1.15 bits per heavy atom. The Kier molecular flexibility index (Phi) is 3.87. The summed E-state index contributed by atoms with van der Waals surface area (Å²) in [4.78, 5) is 0. The normalized spacial score (nSPS) is 29.9. The van der Waals surface area contributed by atoms with Crippen molar-refractivity contribution in [3.8, 4) is 0 Å². The summed E-state index contributed by atoms with van der Waals surface area (Å²) in [5, 5.41) is 0. The molecule has 0 radical (unpaired) electrons. The van der Waals surface area contributed by atoms with Gasteiger partial charge in [0.15, 0.2) is 0 Å². The molecule has 2 nitrogen and oxygen atoms in total. The van der Waals surface area contributed by atoms with Crippen LogP contribution in [0.1, 0.15) is 60.4 Å². The first-order valence-corrected chi connectivity index (χ1v) is 8.12. The van der Waals surface area contributed by atoms with Crippen LogP contribution in [0.4, 0.5) is 0 Å². The van der Waals surface area contributed by atoms with E-state index in [2.05, 4.69) is 38.3 Å². The Labute approximate surface area is 123 Å². The van der Waals surface area contributed by atoms with Gasteiger partial charge < -0.3 is 0 Å². The highest BCUT2D eigenvalue weighted by molar-refractivity contribution is 5.39. The topological polar surface area (TPSA) is 38.0 Å². The summed E-state index contributed by atoms with van der Waals surface area (Å²) in [5.41, 5.74) is 8.65. The van der Waals surface area contributed by atoms with Gasteiger partial charge in [0.1, 0.15) is 0 Å². The van der Waals surface area contributed by atoms with E-state index in [0.717, 1.165) is 17.8 Å². The number of hydrogen-bond donors (Lipinski definition) is 2. The predicted octanol–water partition coefficient (Wildman–Crippen LogP) is 3.94. The van der Waals surface area contributed by atoms with Crippen LogP contribution in [0.5, 0.6) is 0 Å². The van der Waals surface area contributed by atoms with Crippen LogP contribution < -0.4 is 11.3 Å². The van der Waals surface area contributed by atoms with Crippen LogP contribution in [0.3, 0.4) is 0 Å². The molecule has 0 spiro atoms. The summed E-state index contributed by atoms with van der Waals surface area (Å²) < 4.78 is 0. The summed E-state index contributed by atoms with van der Waals surface area (Å²) in [5.74, 6) is 8.78. The lowest BCUT2D eigenvalue weighted by atomic mass is 9.81. The molecule has 2 aliphatic carbocycles. The third-order valence-corrected chi connectivity index (χ3v) is 5.71. The van der Waals surface area contributed by atoms with E-state index in [-0.39, 0.29) is 0 Å². The van der Waals surface area contributed by atoms with E-state index in [1.54, 1.807) is 0 Å². The summed E-state index contributed by atoms with van der Waals surface area (Å²) in [6, 6.07) is 4.89. The standard InChI is InChI=1S/C18H28N2/c1-11-6-12(2)18(13(3)7-11)17(20-19)10-16-9-14-4-5-15(16)8-14/h6-7,14-17,20H,4-5,8-10,19H2,1-3H3. The maximum atomic E-state index is 5.91. The van der Waals surface area contributed by atoms with Gasteiger partial charge in [-0.1, -0.05) is 24.1 Å². The molecule has 0 amide bonds. The number of hydrogen-bond acceptors (Lipinski definition) is 2. The zero-order valence-electron chi connectivity index (χ0n) is 13.1. The minimum absolute atomic E-state index is 0.319. The summed E-state index contributed by atoms with van der Waals surface area (Å²) in [6.45, 7) is 6.62. The smallest absolute Gasteiger partial charge is 0.0468 e. The van der Waals surface area contributed by atoms with Gasteiger partial charge in [-0.25, -0.2) is 0 Å². The van der Waals surface area contributed by atoms with Crippen molar-refractivity contribution in [2.75, 3.05) is 0 Å². The Hall–Kier alpha value is -0.860. The number of hydrazine groups is 1. The van der Waals surface area contributed by atoms with Gasteiger partial charge in [-0.2, -0.15) is 0 Å². The molecule has 0 heterocycles. The van der Waals surface area contributed by atoms with E-state index >= 15 is 0 Å². The van der Waals surface area contributed by atoms with E-state index in [0.29, 0.717) is 6.04 Å². The summed E-state index contributed by atoms with van der Waals surface area (Å²) >= 11 is 0. The second-order valence-corrected chi connectivity index (χ2v) is 7.20. The highest BCUT2D eigenvalue weighted by atomic mass is 15.2. The lowest BCUT2D eigenvalue weighted by molar-refractivity contribution is 0.279. The molecule has 110 valence electrons. The molecule has 2 saturated carbocycles. The van der Waals surface area contributed by atoms with Gasteiger partial charge in [-0.3, -0.25) is 11.3 Å². The SMILES string of the molecule is Cc1cc(C)c(C(CC2CC3CCC2C3)NN)c(C)c1. The molecule has 2 bridgehead atoms. The van der Waals surface area contributed by atoms with Crippen LogP contribution in [0.15, 0.2) is 12.1 Å². The number of nitrogens with two attached hydrogens (primary N) is 1. The quantitative estimate of drug-likeness (QED) is 0.643. The molecule has 1 aromatic carbocycles. The zero-order valence-corrected chi connectivity index (χ0v) is 13.1. The summed E-state index contributed by atoms with van der Waals surface area (Å²) in [6.07, 6.45) is 7.06. The first kappa shape index (κ1) is 14.1. The van der Waals surface area contributed by atoms with Crippen molar-refractivity contribution in [2.24, 2.45) is 23.6 Å². The van der Waals surface area contributed by atoms with Gasteiger partial charge >= 0.3 is 0 Å². The Bertz CT molecular complexity index is 471. The molecule has 0 aromatic heterocycles. The lowest BCUT2D eigenvalue weighted by Gasteiger charge is -2.28. The molecule has 4 atom stereocenters. The Morgan fingerprint density at radius 2 is 1.85 bits per heavy atom. The van der Waals surface area contributed by atoms with Gasteiger partial charge in [-0.15, -0.1) is 0 Å². The van der Waals surface area contributed by atoms with E-state index < -0.39 is 0 Å². The lowest BCUT2D eigenvalue weighted by Crippen LogP contribution is -2.31. The van der Waals surface area contributed by atoms with Crippen molar-refractivity contribution in [2.45, 2.75) is 58.9 Å². The van der Waals surface area contributed by atoms with Crippen molar-refractivity contribution in [1.29, 1.82) is 0 Å². The van der Waals surface area contributed by atoms with Crippen LogP contribution in [-0.2, 0) is 0 Å². The Morgan fingerprint density at radius 3 is 2.35 bits per heavy atom. The maximum absolute atomic E-state index is 5.91. The molecule has 4 unspecified atom stereocenters. The molecule has 3 N–H and O–H groups in total. The molecule has 2 aliphatic rings. The average Bonchev–Trinajstić information content (AvgIpc) is 2.98. The average molecular weight is 272 g/mol. The third kappa shape index (κ3) is 2.51. The first-order chi connectivity index (χ1) is 9.58. The maximum Gasteiger partial charge on any atom is 0.0468 e. The largest absolute Gasteiger partial charge is 0.271 e. The van der Waals surface area contributed by atoms with Crippen molar-refractivity contribution in [1.82, 2.24) is 5.43 Å². The molecular weight excluding hydrogens is 244 g/mol. The van der Waals surface area contributed by atoms with Crippen LogP contribution >= 0.6 is 0 Å². The van der Waals surface area contributed by atoms with Crippen molar-refractivity contribution >= 4 is 0 Å². The molecular formula is C18H28N2. The number of rotatable bonds is 4. The monoisotopic (exact) mass is 272 g/mol. The second kappa shape index (κ2) is 5.50. The fraction of sp³-hybridized carbons (Fsp3) is 0.667. The van der Waals surface area contributed by atoms with Crippen molar-refractivity contribution in [3.05, 3.63) is 34.4 Å². The van der Waals surface area contributed by atoms with Gasteiger partial charge in [0.2, 0.25) is 0 Å². The number of fused-ring (bicyclic) bond motifs is 2. The number of nitrogens with one attached hydrogen (secondary N) is 1. The van der Waals surface area contributed by atoms with Gasteiger partial charge in [-0.05, 0) is 80.9 Å². The second-order valence-electron chi connectivity index (χ2n) is 7.20. The van der Waals surface area contributed by atoms with Gasteiger partial charge in [0.05, 0.1) is 0 Å². The molecule has 20 heavy (non-hydrogen) atoms. The molecule has 3 rings (SSSR count). The Balaban J connectivity index is 1.80. The van der Waals surface area contributed by atoms with Gasteiger partial charge in [0, 0.05) is 6.04 Å². The minimum atomic E-state index is 0.319. The molecule has 2 fully saturated rings.